The maximum Gasteiger partial charge on any atom is 0.123 e. The first-order valence-electron chi connectivity index (χ1n) is 5.96. The van der Waals surface area contributed by atoms with Crippen LogP contribution >= 0.6 is 0 Å². The van der Waals surface area contributed by atoms with Crippen molar-refractivity contribution in [2.45, 2.75) is 25.8 Å². The van der Waals surface area contributed by atoms with Crippen molar-refractivity contribution in [1.82, 2.24) is 4.90 Å². The molecule has 1 aromatic carbocycles. The predicted octanol–water partition coefficient (Wildman–Crippen LogP) is 2.41. The summed E-state index contributed by atoms with van der Waals surface area (Å²) in [5.41, 5.74) is 2.31. The summed E-state index contributed by atoms with van der Waals surface area (Å²) in [5.74, 6) is 1.31. The van der Waals surface area contributed by atoms with Gasteiger partial charge in [0.25, 0.3) is 0 Å². The molecule has 0 bridgehead atoms. The third-order valence-electron chi connectivity index (χ3n) is 3.08. The first-order valence-corrected chi connectivity index (χ1v) is 5.96. The highest BCUT2D eigenvalue weighted by atomic mass is 16.5. The number of benzene rings is 1. The van der Waals surface area contributed by atoms with Gasteiger partial charge in [-0.15, -0.1) is 0 Å². The maximum atomic E-state index is 9.50. The van der Waals surface area contributed by atoms with Gasteiger partial charge in [-0.1, -0.05) is 26.0 Å². The summed E-state index contributed by atoms with van der Waals surface area (Å²) in [6.07, 6.45) is 0. The van der Waals surface area contributed by atoms with Crippen LogP contribution in [0.25, 0.3) is 0 Å². The van der Waals surface area contributed by atoms with E-state index in [4.69, 9.17) is 4.74 Å². The zero-order valence-electron chi connectivity index (χ0n) is 11.4. The lowest BCUT2D eigenvalue weighted by Gasteiger charge is -2.25. The Hall–Kier alpha value is -1.06. The first kappa shape index (κ1) is 14.0. The molecular weight excluding hydrogens is 214 g/mol. The molecule has 1 rings (SSSR count). The smallest absolute Gasteiger partial charge is 0.123 e. The fourth-order valence-corrected chi connectivity index (χ4v) is 1.91. The van der Waals surface area contributed by atoms with Gasteiger partial charge in [0.15, 0.2) is 0 Å². The van der Waals surface area contributed by atoms with Crippen molar-refractivity contribution >= 4 is 0 Å². The summed E-state index contributed by atoms with van der Waals surface area (Å²) in [6.45, 7) is 4.41. The highest BCUT2D eigenvalue weighted by Crippen LogP contribution is 2.31. The number of methoxy groups -OCH3 is 1. The van der Waals surface area contributed by atoms with Crippen molar-refractivity contribution in [3.05, 3.63) is 29.3 Å². The first-order chi connectivity index (χ1) is 8.01. The highest BCUT2D eigenvalue weighted by molar-refractivity contribution is 5.40. The molecule has 0 aromatic heterocycles. The van der Waals surface area contributed by atoms with E-state index in [1.54, 1.807) is 7.11 Å². The molecule has 17 heavy (non-hydrogen) atoms. The molecule has 0 heterocycles. The van der Waals surface area contributed by atoms with Gasteiger partial charge in [0.1, 0.15) is 5.75 Å². The number of nitrogens with zero attached hydrogens (tertiary/aromatic N) is 1. The average molecular weight is 237 g/mol. The Bertz CT molecular complexity index is 361. The number of hydrogen-bond donors (Lipinski definition) is 1. The van der Waals surface area contributed by atoms with Gasteiger partial charge in [-0.2, -0.15) is 0 Å². The van der Waals surface area contributed by atoms with Crippen molar-refractivity contribution in [3.8, 4) is 5.75 Å². The van der Waals surface area contributed by atoms with Crippen LogP contribution in [-0.4, -0.2) is 37.8 Å². The van der Waals surface area contributed by atoms with E-state index in [1.807, 2.05) is 25.1 Å². The van der Waals surface area contributed by atoms with E-state index in [2.05, 4.69) is 26.0 Å². The Morgan fingerprint density at radius 3 is 2.35 bits per heavy atom. The lowest BCUT2D eigenvalue weighted by atomic mass is 9.96. The van der Waals surface area contributed by atoms with Gasteiger partial charge in [-0.25, -0.2) is 0 Å². The summed E-state index contributed by atoms with van der Waals surface area (Å²) < 4.78 is 5.38. The second kappa shape index (κ2) is 6.03. The molecule has 0 aliphatic rings. The predicted molar refractivity (Wildman–Crippen MR) is 70.6 cm³/mol. The Morgan fingerprint density at radius 1 is 1.29 bits per heavy atom. The van der Waals surface area contributed by atoms with Crippen LogP contribution in [0.1, 0.15) is 36.9 Å². The number of rotatable bonds is 5. The summed E-state index contributed by atoms with van der Waals surface area (Å²) in [5, 5.41) is 9.50. The Labute approximate surface area is 104 Å². The number of aliphatic hydroxyl groups excluding tert-OH is 1. The SMILES string of the molecule is COc1ccc(C(C)C)cc1C(CO)N(C)C. The Morgan fingerprint density at radius 2 is 1.94 bits per heavy atom. The number of aliphatic hydroxyl groups is 1. The molecule has 1 atom stereocenters. The minimum absolute atomic E-state index is 0.0244. The standard InChI is InChI=1S/C14H23NO2/c1-10(2)11-6-7-14(17-5)12(8-11)13(9-16)15(3)4/h6-8,10,13,16H,9H2,1-5H3. The maximum absolute atomic E-state index is 9.50. The van der Waals surface area contributed by atoms with E-state index in [0.717, 1.165) is 11.3 Å². The quantitative estimate of drug-likeness (QED) is 0.853. The molecule has 0 aliphatic carbocycles. The molecule has 1 N–H and O–H groups in total. The highest BCUT2D eigenvalue weighted by Gasteiger charge is 2.18. The van der Waals surface area contributed by atoms with Crippen LogP contribution in [0.5, 0.6) is 5.75 Å². The largest absolute Gasteiger partial charge is 0.496 e. The van der Waals surface area contributed by atoms with Gasteiger partial charge in [0, 0.05) is 5.56 Å². The fraction of sp³-hybridized carbons (Fsp3) is 0.571. The third-order valence-corrected chi connectivity index (χ3v) is 3.08. The van der Waals surface area contributed by atoms with Crippen LogP contribution in [0.3, 0.4) is 0 Å². The van der Waals surface area contributed by atoms with Crippen LogP contribution in [0.15, 0.2) is 18.2 Å². The molecule has 0 amide bonds. The molecule has 0 aliphatic heterocycles. The molecule has 1 aromatic rings. The van der Waals surface area contributed by atoms with Crippen LogP contribution in [0.2, 0.25) is 0 Å². The summed E-state index contributed by atoms with van der Waals surface area (Å²) >= 11 is 0. The summed E-state index contributed by atoms with van der Waals surface area (Å²) in [6, 6.07) is 6.17. The van der Waals surface area contributed by atoms with E-state index in [9.17, 15) is 5.11 Å². The Kier molecular flexibility index (Phi) is 4.97. The average Bonchev–Trinajstić information content (AvgIpc) is 2.29. The van der Waals surface area contributed by atoms with Crippen molar-refractivity contribution in [1.29, 1.82) is 0 Å². The van der Waals surface area contributed by atoms with Gasteiger partial charge < -0.3 is 14.7 Å². The lowest BCUT2D eigenvalue weighted by molar-refractivity contribution is 0.168. The van der Waals surface area contributed by atoms with Crippen molar-refractivity contribution in [3.63, 3.8) is 0 Å². The van der Waals surface area contributed by atoms with Crippen molar-refractivity contribution < 1.29 is 9.84 Å². The number of hydrogen-bond acceptors (Lipinski definition) is 3. The molecular formula is C14H23NO2. The molecule has 0 saturated carbocycles. The normalized spacial score (nSPS) is 13.2. The van der Waals surface area contributed by atoms with E-state index in [-0.39, 0.29) is 12.6 Å². The van der Waals surface area contributed by atoms with Crippen LogP contribution in [0, 0.1) is 0 Å². The van der Waals surface area contributed by atoms with Gasteiger partial charge in [0.2, 0.25) is 0 Å². The van der Waals surface area contributed by atoms with Crippen molar-refractivity contribution in [2.24, 2.45) is 0 Å². The topological polar surface area (TPSA) is 32.7 Å². The molecule has 1 unspecified atom stereocenters. The second-order valence-electron chi connectivity index (χ2n) is 4.82. The van der Waals surface area contributed by atoms with E-state index in [1.165, 1.54) is 5.56 Å². The number of likely N-dealkylation sites (N-methyl/N-ethyl adjacent to an activating group) is 1. The van der Waals surface area contributed by atoms with E-state index in [0.29, 0.717) is 5.92 Å². The van der Waals surface area contributed by atoms with E-state index >= 15 is 0 Å². The third kappa shape index (κ3) is 3.20. The fourth-order valence-electron chi connectivity index (χ4n) is 1.91. The van der Waals surface area contributed by atoms with E-state index < -0.39 is 0 Å². The van der Waals surface area contributed by atoms with Gasteiger partial charge in [-0.05, 0) is 31.6 Å². The van der Waals surface area contributed by atoms with Gasteiger partial charge in [-0.3, -0.25) is 0 Å². The van der Waals surface area contributed by atoms with Gasteiger partial charge in [0.05, 0.1) is 19.8 Å². The summed E-state index contributed by atoms with van der Waals surface area (Å²) in [7, 11) is 5.59. The molecule has 96 valence electrons. The van der Waals surface area contributed by atoms with Crippen LogP contribution < -0.4 is 4.74 Å². The molecule has 0 fully saturated rings. The monoisotopic (exact) mass is 237 g/mol. The zero-order valence-corrected chi connectivity index (χ0v) is 11.4. The molecule has 0 saturated heterocycles. The van der Waals surface area contributed by atoms with Gasteiger partial charge >= 0.3 is 0 Å². The van der Waals surface area contributed by atoms with Crippen LogP contribution in [-0.2, 0) is 0 Å². The Balaban J connectivity index is 3.21. The second-order valence-corrected chi connectivity index (χ2v) is 4.82. The molecule has 3 heteroatoms. The lowest BCUT2D eigenvalue weighted by Crippen LogP contribution is -2.23. The van der Waals surface area contributed by atoms with Crippen LogP contribution in [0.4, 0.5) is 0 Å². The molecule has 0 radical (unpaired) electrons. The minimum atomic E-state index is -0.0244. The minimum Gasteiger partial charge on any atom is -0.496 e. The zero-order chi connectivity index (χ0) is 13.0. The molecule has 0 spiro atoms. The van der Waals surface area contributed by atoms with Crippen molar-refractivity contribution in [2.75, 3.05) is 27.8 Å². The number of ether oxygens (including phenoxy) is 1. The summed E-state index contributed by atoms with van der Waals surface area (Å²) in [4.78, 5) is 2.00. The molecule has 3 nitrogen and oxygen atoms in total.